The normalized spacial score (nSPS) is 12.5. The van der Waals surface area contributed by atoms with Crippen molar-refractivity contribution < 1.29 is 28.7 Å². The molecule has 0 saturated heterocycles. The van der Waals surface area contributed by atoms with Gasteiger partial charge in [0.05, 0.1) is 20.3 Å². The minimum absolute atomic E-state index is 0.0788. The van der Waals surface area contributed by atoms with Gasteiger partial charge in [-0.05, 0) is 50.3 Å². The summed E-state index contributed by atoms with van der Waals surface area (Å²) in [5.74, 6) is -0.870. The summed E-state index contributed by atoms with van der Waals surface area (Å²) in [7, 11) is 3.03. The highest BCUT2D eigenvalue weighted by Gasteiger charge is 2.29. The number of ketones is 1. The molecule has 0 aliphatic heterocycles. The zero-order valence-electron chi connectivity index (χ0n) is 21.1. The van der Waals surface area contributed by atoms with Crippen molar-refractivity contribution in [2.75, 3.05) is 14.2 Å². The van der Waals surface area contributed by atoms with Crippen molar-refractivity contribution in [3.63, 3.8) is 0 Å². The van der Waals surface area contributed by atoms with Gasteiger partial charge in [0.25, 0.3) is 5.91 Å². The van der Waals surface area contributed by atoms with E-state index in [1.807, 2.05) is 27.7 Å². The van der Waals surface area contributed by atoms with Crippen molar-refractivity contribution in [3.8, 4) is 11.5 Å². The highest BCUT2D eigenvalue weighted by molar-refractivity contribution is 6.38. The Balaban J connectivity index is 2.81. The molecule has 0 aliphatic rings. The summed E-state index contributed by atoms with van der Waals surface area (Å²) in [6.45, 7) is 9.23. The van der Waals surface area contributed by atoms with Gasteiger partial charge < -0.3 is 30.7 Å². The number of hydrogen-bond donors (Lipinski definition) is 4. The number of ether oxygens (including phenoxy) is 2. The Morgan fingerprint density at radius 2 is 1.44 bits per heavy atom. The standard InChI is InChI=1S/C24H38N4O6/c1-8-19(27-22(30)20(9-14(2)3)28-24(32)26-15(4)5)21(29)23(31)25-13-16-10-17(33-6)12-18(11-16)34-7/h10-12,14-15,19-20H,8-9,13H2,1-7H3,(H,25,31)(H,27,30)(H2,26,28,32). The van der Waals surface area contributed by atoms with Crippen LogP contribution in [-0.4, -0.2) is 56.0 Å². The van der Waals surface area contributed by atoms with Crippen LogP contribution in [-0.2, 0) is 20.9 Å². The molecule has 2 atom stereocenters. The fourth-order valence-corrected chi connectivity index (χ4v) is 3.19. The van der Waals surface area contributed by atoms with Crippen molar-refractivity contribution in [3.05, 3.63) is 23.8 Å². The van der Waals surface area contributed by atoms with E-state index in [0.29, 0.717) is 23.5 Å². The fourth-order valence-electron chi connectivity index (χ4n) is 3.19. The van der Waals surface area contributed by atoms with E-state index in [4.69, 9.17) is 9.47 Å². The maximum absolute atomic E-state index is 12.9. The Bertz CT molecular complexity index is 834. The summed E-state index contributed by atoms with van der Waals surface area (Å²) >= 11 is 0. The molecule has 0 aliphatic carbocycles. The molecule has 190 valence electrons. The van der Waals surface area contributed by atoms with Gasteiger partial charge in [-0.3, -0.25) is 14.4 Å². The van der Waals surface area contributed by atoms with Crippen molar-refractivity contribution in [1.29, 1.82) is 0 Å². The quantitative estimate of drug-likeness (QED) is 0.320. The largest absolute Gasteiger partial charge is 0.497 e. The third kappa shape index (κ3) is 9.68. The Hall–Kier alpha value is -3.30. The van der Waals surface area contributed by atoms with Crippen molar-refractivity contribution >= 4 is 23.6 Å². The number of carbonyl (C=O) groups excluding carboxylic acids is 4. The first-order valence-corrected chi connectivity index (χ1v) is 11.4. The first-order chi connectivity index (χ1) is 16.0. The second-order valence-electron chi connectivity index (χ2n) is 8.69. The highest BCUT2D eigenvalue weighted by Crippen LogP contribution is 2.22. The molecule has 34 heavy (non-hydrogen) atoms. The van der Waals surface area contributed by atoms with Gasteiger partial charge in [-0.25, -0.2) is 4.79 Å². The van der Waals surface area contributed by atoms with Crippen LogP contribution in [0.1, 0.15) is 53.0 Å². The number of carbonyl (C=O) groups is 4. The zero-order valence-corrected chi connectivity index (χ0v) is 21.1. The van der Waals surface area contributed by atoms with E-state index in [2.05, 4.69) is 21.3 Å². The molecule has 10 heteroatoms. The number of nitrogens with one attached hydrogen (secondary N) is 4. The average Bonchev–Trinajstić information content (AvgIpc) is 2.78. The van der Waals surface area contributed by atoms with Crippen LogP contribution in [0.25, 0.3) is 0 Å². The molecular formula is C24H38N4O6. The van der Waals surface area contributed by atoms with Gasteiger partial charge in [0, 0.05) is 18.7 Å². The van der Waals surface area contributed by atoms with Gasteiger partial charge in [0.15, 0.2) is 0 Å². The monoisotopic (exact) mass is 478 g/mol. The van der Waals surface area contributed by atoms with Crippen LogP contribution in [0.5, 0.6) is 11.5 Å². The molecule has 4 amide bonds. The lowest BCUT2D eigenvalue weighted by Crippen LogP contribution is -2.55. The maximum atomic E-state index is 12.9. The second-order valence-corrected chi connectivity index (χ2v) is 8.69. The van der Waals surface area contributed by atoms with Crippen molar-refractivity contribution in [2.45, 2.75) is 72.1 Å². The van der Waals surface area contributed by atoms with Crippen LogP contribution >= 0.6 is 0 Å². The number of amides is 4. The summed E-state index contributed by atoms with van der Waals surface area (Å²) in [5, 5.41) is 10.5. The van der Waals surface area contributed by atoms with Crippen molar-refractivity contribution in [2.24, 2.45) is 5.92 Å². The van der Waals surface area contributed by atoms with Gasteiger partial charge >= 0.3 is 6.03 Å². The summed E-state index contributed by atoms with van der Waals surface area (Å²) in [5.41, 5.74) is 0.687. The molecule has 10 nitrogen and oxygen atoms in total. The lowest BCUT2D eigenvalue weighted by Gasteiger charge is -2.23. The van der Waals surface area contributed by atoms with E-state index in [1.54, 1.807) is 25.1 Å². The minimum Gasteiger partial charge on any atom is -0.497 e. The Labute approximate surface area is 201 Å². The Morgan fingerprint density at radius 1 is 0.853 bits per heavy atom. The van der Waals surface area contributed by atoms with Gasteiger partial charge in [0.2, 0.25) is 11.7 Å². The predicted molar refractivity (Wildman–Crippen MR) is 129 cm³/mol. The smallest absolute Gasteiger partial charge is 0.315 e. The molecule has 0 bridgehead atoms. The summed E-state index contributed by atoms with van der Waals surface area (Å²) < 4.78 is 10.4. The molecule has 0 aromatic heterocycles. The molecule has 0 spiro atoms. The van der Waals surface area contributed by atoms with Crippen LogP contribution in [0.15, 0.2) is 18.2 Å². The average molecular weight is 479 g/mol. The molecule has 0 radical (unpaired) electrons. The summed E-state index contributed by atoms with van der Waals surface area (Å²) in [6, 6.07) is 2.71. The molecule has 1 aromatic rings. The molecule has 4 N–H and O–H groups in total. The van der Waals surface area contributed by atoms with E-state index in [-0.39, 0.29) is 24.9 Å². The Morgan fingerprint density at radius 3 is 1.91 bits per heavy atom. The van der Waals surface area contributed by atoms with E-state index < -0.39 is 35.7 Å². The van der Waals surface area contributed by atoms with E-state index in [9.17, 15) is 19.2 Å². The third-order valence-electron chi connectivity index (χ3n) is 4.88. The van der Waals surface area contributed by atoms with Crippen molar-refractivity contribution in [1.82, 2.24) is 21.3 Å². The minimum atomic E-state index is -1.02. The summed E-state index contributed by atoms with van der Waals surface area (Å²) in [4.78, 5) is 50.2. The van der Waals surface area contributed by atoms with Gasteiger partial charge in [-0.15, -0.1) is 0 Å². The molecule has 0 saturated carbocycles. The lowest BCUT2D eigenvalue weighted by molar-refractivity contribution is -0.140. The molecule has 1 rings (SSSR count). The number of Topliss-reactive ketones (excluding diaryl/α,β-unsaturated/α-hetero) is 1. The second kappa shape index (κ2) is 14.1. The number of methoxy groups -OCH3 is 2. The van der Waals surface area contributed by atoms with Crippen LogP contribution in [0.4, 0.5) is 4.79 Å². The number of rotatable bonds is 13. The zero-order chi connectivity index (χ0) is 25.8. The molecule has 0 fully saturated rings. The fraction of sp³-hybridized carbons (Fsp3) is 0.583. The van der Waals surface area contributed by atoms with Crippen LogP contribution in [0.2, 0.25) is 0 Å². The number of benzene rings is 1. The van der Waals surface area contributed by atoms with E-state index in [1.165, 1.54) is 14.2 Å². The molecule has 1 aromatic carbocycles. The topological polar surface area (TPSA) is 135 Å². The van der Waals surface area contributed by atoms with Crippen LogP contribution < -0.4 is 30.7 Å². The van der Waals surface area contributed by atoms with Gasteiger partial charge in [-0.1, -0.05) is 20.8 Å². The number of hydrogen-bond acceptors (Lipinski definition) is 6. The van der Waals surface area contributed by atoms with Gasteiger partial charge in [0.1, 0.15) is 17.5 Å². The van der Waals surface area contributed by atoms with E-state index >= 15 is 0 Å². The maximum Gasteiger partial charge on any atom is 0.315 e. The first kappa shape index (κ1) is 28.7. The highest BCUT2D eigenvalue weighted by atomic mass is 16.5. The van der Waals surface area contributed by atoms with Crippen LogP contribution in [0, 0.1) is 5.92 Å². The third-order valence-corrected chi connectivity index (χ3v) is 4.88. The SMILES string of the molecule is CCC(NC(=O)C(CC(C)C)NC(=O)NC(C)C)C(=O)C(=O)NCc1cc(OC)cc(OC)c1. The lowest BCUT2D eigenvalue weighted by atomic mass is 10.0. The number of urea groups is 1. The molecule has 0 heterocycles. The van der Waals surface area contributed by atoms with E-state index in [0.717, 1.165) is 0 Å². The Kier molecular flexibility index (Phi) is 11.9. The first-order valence-electron chi connectivity index (χ1n) is 11.4. The summed E-state index contributed by atoms with van der Waals surface area (Å²) in [6.07, 6.45) is 0.601. The predicted octanol–water partition coefficient (Wildman–Crippen LogP) is 1.91. The van der Waals surface area contributed by atoms with Crippen LogP contribution in [0.3, 0.4) is 0 Å². The van der Waals surface area contributed by atoms with Gasteiger partial charge in [-0.2, -0.15) is 0 Å². The molecular weight excluding hydrogens is 440 g/mol. The molecule has 2 unspecified atom stereocenters.